The number of alkyl halides is 3. The minimum absolute atomic E-state index is 0.122. The highest BCUT2D eigenvalue weighted by Crippen LogP contribution is 2.41. The zero-order valence-electron chi connectivity index (χ0n) is 18.9. The number of hydrogen-bond donors (Lipinski definition) is 0. The van der Waals surface area contributed by atoms with E-state index in [9.17, 15) is 17.6 Å². The van der Waals surface area contributed by atoms with Gasteiger partial charge in [0.15, 0.2) is 12.1 Å². The van der Waals surface area contributed by atoms with Crippen molar-refractivity contribution < 1.29 is 22.3 Å². The van der Waals surface area contributed by atoms with E-state index < -0.39 is 29.7 Å². The van der Waals surface area contributed by atoms with Gasteiger partial charge in [0.1, 0.15) is 11.6 Å². The number of nitrogens with zero attached hydrogens (tertiary/aromatic N) is 6. The van der Waals surface area contributed by atoms with Crippen LogP contribution in [0.25, 0.3) is 11.8 Å². The van der Waals surface area contributed by atoms with Gasteiger partial charge in [-0.3, -0.25) is 0 Å². The van der Waals surface area contributed by atoms with E-state index in [0.29, 0.717) is 24.6 Å². The summed E-state index contributed by atoms with van der Waals surface area (Å²) in [5, 5.41) is 4.42. The Labute approximate surface area is 198 Å². The van der Waals surface area contributed by atoms with Crippen LogP contribution < -0.4 is 0 Å². The maximum absolute atomic E-state index is 13.9. The van der Waals surface area contributed by atoms with Crippen molar-refractivity contribution in [3.63, 3.8) is 0 Å². The minimum Gasteiger partial charge on any atom is -0.355 e. The van der Waals surface area contributed by atoms with Crippen molar-refractivity contribution in [2.75, 3.05) is 7.11 Å². The van der Waals surface area contributed by atoms with Crippen molar-refractivity contribution >= 4 is 11.8 Å². The second-order valence-corrected chi connectivity index (χ2v) is 8.33. The summed E-state index contributed by atoms with van der Waals surface area (Å²) >= 11 is 0. The summed E-state index contributed by atoms with van der Waals surface area (Å²) in [5.74, 6) is -0.691. The normalized spacial score (nSPS) is 20.1. The Bertz CT molecular complexity index is 1340. The standard InChI is InChI=1S/C24H22F4N6O/c1-15-13-33(14-29-15)20-4-3-9-32(23(20)35-2)10-8-21-30-22-17(7-11-34(22)31-21)18-12-16(25)5-6-19(18)24(26,27)28/h3-6,8-10,12-14,17,23H,7,11H2,1-2H3/b10-8+/t17?,23-/m0/s1. The van der Waals surface area contributed by atoms with Crippen LogP contribution in [0.1, 0.15) is 40.8 Å². The fourth-order valence-corrected chi connectivity index (χ4v) is 4.47. The largest absolute Gasteiger partial charge is 0.416 e. The Morgan fingerprint density at radius 2 is 2.06 bits per heavy atom. The van der Waals surface area contributed by atoms with Gasteiger partial charge in [0.25, 0.3) is 0 Å². The number of benzene rings is 1. The molecule has 5 rings (SSSR count). The topological polar surface area (TPSA) is 61.0 Å². The molecule has 2 aliphatic rings. The SMILES string of the molecule is CO[C@H]1C(n2cnc(C)c2)=CC=CN1/C=C/c1nc2n(n1)CCC2c1cc(F)ccc1C(F)(F)F. The van der Waals surface area contributed by atoms with Crippen LogP contribution in [0, 0.1) is 12.7 Å². The number of methoxy groups -OCH3 is 1. The van der Waals surface area contributed by atoms with Crippen molar-refractivity contribution in [1.29, 1.82) is 0 Å². The predicted molar refractivity (Wildman–Crippen MR) is 120 cm³/mol. The van der Waals surface area contributed by atoms with Gasteiger partial charge in [0.05, 0.1) is 23.3 Å². The first-order valence-corrected chi connectivity index (χ1v) is 10.9. The zero-order valence-corrected chi connectivity index (χ0v) is 18.9. The molecule has 11 heteroatoms. The molecule has 1 aromatic carbocycles. The molecule has 1 unspecified atom stereocenters. The monoisotopic (exact) mass is 486 g/mol. The first-order chi connectivity index (χ1) is 16.7. The fourth-order valence-electron chi connectivity index (χ4n) is 4.47. The van der Waals surface area contributed by atoms with Crippen molar-refractivity contribution in [2.24, 2.45) is 0 Å². The Balaban J connectivity index is 1.40. The lowest BCUT2D eigenvalue weighted by molar-refractivity contribution is -0.138. The first-order valence-electron chi connectivity index (χ1n) is 10.9. The van der Waals surface area contributed by atoms with Gasteiger partial charge in [0, 0.05) is 44.2 Å². The number of rotatable bonds is 5. The molecule has 0 aliphatic carbocycles. The fraction of sp³-hybridized carbons (Fsp3) is 0.292. The molecule has 35 heavy (non-hydrogen) atoms. The maximum Gasteiger partial charge on any atom is 0.416 e. The molecule has 0 saturated carbocycles. The number of aromatic nitrogens is 5. The van der Waals surface area contributed by atoms with E-state index in [1.54, 1.807) is 30.4 Å². The third kappa shape index (κ3) is 4.39. The highest BCUT2D eigenvalue weighted by molar-refractivity contribution is 5.55. The molecular weight excluding hydrogens is 464 g/mol. The second-order valence-electron chi connectivity index (χ2n) is 8.33. The highest BCUT2D eigenvalue weighted by Gasteiger charge is 2.38. The Morgan fingerprint density at radius 3 is 2.77 bits per heavy atom. The van der Waals surface area contributed by atoms with E-state index in [0.717, 1.165) is 29.6 Å². The summed E-state index contributed by atoms with van der Waals surface area (Å²) in [6, 6.07) is 2.55. The number of allylic oxidation sites excluding steroid dienone is 2. The zero-order chi connectivity index (χ0) is 24.7. The van der Waals surface area contributed by atoms with E-state index in [2.05, 4.69) is 15.1 Å². The van der Waals surface area contributed by atoms with Crippen LogP contribution in [0.15, 0.2) is 55.3 Å². The molecule has 7 nitrogen and oxygen atoms in total. The summed E-state index contributed by atoms with van der Waals surface area (Å²) in [4.78, 5) is 10.5. The third-order valence-corrected chi connectivity index (χ3v) is 6.03. The van der Waals surface area contributed by atoms with E-state index in [1.165, 1.54) is 0 Å². The molecule has 0 radical (unpaired) electrons. The summed E-state index contributed by atoms with van der Waals surface area (Å²) < 4.78 is 63.7. The molecule has 0 spiro atoms. The number of aryl methyl sites for hydroxylation is 2. The number of halogens is 4. The second kappa shape index (κ2) is 8.81. The minimum atomic E-state index is -4.59. The van der Waals surface area contributed by atoms with Gasteiger partial charge in [-0.25, -0.2) is 19.0 Å². The molecule has 0 saturated heterocycles. The Morgan fingerprint density at radius 1 is 1.23 bits per heavy atom. The van der Waals surface area contributed by atoms with Gasteiger partial charge in [-0.2, -0.15) is 18.3 Å². The average Bonchev–Trinajstić information content (AvgIpc) is 3.52. The predicted octanol–water partition coefficient (Wildman–Crippen LogP) is 4.79. The molecule has 2 atom stereocenters. The van der Waals surface area contributed by atoms with Crippen molar-refractivity contribution in [1.82, 2.24) is 29.2 Å². The van der Waals surface area contributed by atoms with Crippen LogP contribution in [0.5, 0.6) is 0 Å². The van der Waals surface area contributed by atoms with Crippen molar-refractivity contribution in [3.05, 3.63) is 89.6 Å². The van der Waals surface area contributed by atoms with Crippen LogP contribution in [-0.2, 0) is 17.5 Å². The number of fused-ring (bicyclic) bond motifs is 1. The van der Waals surface area contributed by atoms with Gasteiger partial charge >= 0.3 is 6.18 Å². The van der Waals surface area contributed by atoms with Gasteiger partial charge < -0.3 is 14.2 Å². The lowest BCUT2D eigenvalue weighted by Crippen LogP contribution is -2.32. The summed E-state index contributed by atoms with van der Waals surface area (Å²) in [6.07, 6.45) is 7.95. The van der Waals surface area contributed by atoms with Crippen LogP contribution in [0.3, 0.4) is 0 Å². The van der Waals surface area contributed by atoms with Crippen molar-refractivity contribution in [2.45, 2.75) is 38.2 Å². The number of ether oxygens (including phenoxy) is 1. The molecule has 0 fully saturated rings. The Kier molecular flexibility index (Phi) is 5.79. The van der Waals surface area contributed by atoms with Crippen LogP contribution in [0.2, 0.25) is 0 Å². The van der Waals surface area contributed by atoms with Gasteiger partial charge in [-0.15, -0.1) is 0 Å². The molecular formula is C24H22F4N6O. The van der Waals surface area contributed by atoms with Crippen LogP contribution >= 0.6 is 0 Å². The van der Waals surface area contributed by atoms with E-state index in [-0.39, 0.29) is 5.56 Å². The quantitative estimate of drug-likeness (QED) is 0.486. The lowest BCUT2D eigenvalue weighted by Gasteiger charge is -2.30. The number of imidazole rings is 1. The molecule has 3 aromatic rings. The highest BCUT2D eigenvalue weighted by atomic mass is 19.4. The molecule has 0 amide bonds. The average molecular weight is 486 g/mol. The van der Waals surface area contributed by atoms with E-state index in [4.69, 9.17) is 4.74 Å². The summed E-state index contributed by atoms with van der Waals surface area (Å²) in [7, 11) is 1.59. The molecule has 0 N–H and O–H groups in total. The molecule has 2 aromatic heterocycles. The molecule has 0 bridgehead atoms. The van der Waals surface area contributed by atoms with E-state index in [1.807, 2.05) is 40.9 Å². The van der Waals surface area contributed by atoms with Crippen LogP contribution in [0.4, 0.5) is 17.6 Å². The molecule has 4 heterocycles. The molecule has 2 aliphatic heterocycles. The van der Waals surface area contributed by atoms with Gasteiger partial charge in [0.2, 0.25) is 0 Å². The summed E-state index contributed by atoms with van der Waals surface area (Å²) in [6.45, 7) is 2.29. The number of hydrogen-bond acceptors (Lipinski definition) is 5. The Hall–Kier alpha value is -3.73. The first kappa shape index (κ1) is 23.0. The summed E-state index contributed by atoms with van der Waals surface area (Å²) in [5.41, 5.74) is 0.748. The van der Waals surface area contributed by atoms with Crippen LogP contribution in [-0.4, -0.2) is 42.6 Å². The smallest absolute Gasteiger partial charge is 0.355 e. The van der Waals surface area contributed by atoms with Crippen molar-refractivity contribution in [3.8, 4) is 0 Å². The lowest BCUT2D eigenvalue weighted by atomic mass is 9.92. The maximum atomic E-state index is 13.9. The van der Waals surface area contributed by atoms with E-state index >= 15 is 0 Å². The van der Waals surface area contributed by atoms with Gasteiger partial charge in [-0.05, 0) is 49.3 Å². The molecule has 182 valence electrons. The van der Waals surface area contributed by atoms with Gasteiger partial charge in [-0.1, -0.05) is 0 Å². The third-order valence-electron chi connectivity index (χ3n) is 6.03.